The van der Waals surface area contributed by atoms with Crippen LogP contribution in [-0.4, -0.2) is 89.6 Å². The molecule has 1 aliphatic rings. The molecule has 6 atom stereocenters. The van der Waals surface area contributed by atoms with Crippen LogP contribution in [-0.2, 0) is 23.7 Å². The number of aliphatic hydroxyl groups is 4. The normalized spacial score (nSPS) is 19.9. The average molecular weight is 929 g/mol. The van der Waals surface area contributed by atoms with Crippen molar-refractivity contribution in [2.24, 2.45) is 0 Å². The molecule has 66 heavy (non-hydrogen) atoms. The van der Waals surface area contributed by atoms with Gasteiger partial charge in [0.25, 0.3) is 0 Å². The minimum atomic E-state index is -1.55. The maximum absolute atomic E-state index is 12.8. The molecule has 1 aliphatic heterocycles. The van der Waals surface area contributed by atoms with Gasteiger partial charge in [0.1, 0.15) is 30.5 Å². The fourth-order valence-corrected chi connectivity index (χ4v) is 7.93. The third kappa shape index (κ3) is 37.6. The van der Waals surface area contributed by atoms with E-state index in [2.05, 4.69) is 86.8 Å². The lowest BCUT2D eigenvalue weighted by atomic mass is 9.99. The van der Waals surface area contributed by atoms with E-state index < -0.39 is 43.4 Å². The quantitative estimate of drug-likeness (QED) is 0.0267. The predicted octanol–water partition coefficient (Wildman–Crippen LogP) is 13.6. The second-order valence-corrected chi connectivity index (χ2v) is 18.3. The smallest absolute Gasteiger partial charge is 0.306 e. The Bertz CT molecular complexity index is 1240. The summed E-state index contributed by atoms with van der Waals surface area (Å²) in [6.45, 7) is 4.42. The van der Waals surface area contributed by atoms with E-state index in [1.54, 1.807) is 0 Å². The monoisotopic (exact) mass is 929 g/mol. The number of rotatable bonds is 46. The summed E-state index contributed by atoms with van der Waals surface area (Å²) in [5.74, 6) is -0.344. The minimum Gasteiger partial charge on any atom is -0.457 e. The molecule has 4 N–H and O–H groups in total. The number of carbonyl (C=O) groups excluding carboxylic acids is 1. The van der Waals surface area contributed by atoms with E-state index in [1.165, 1.54) is 128 Å². The highest BCUT2D eigenvalue weighted by Gasteiger charge is 2.44. The van der Waals surface area contributed by atoms with E-state index in [0.717, 1.165) is 64.2 Å². The Morgan fingerprint density at radius 3 is 1.41 bits per heavy atom. The molecule has 1 heterocycles. The minimum absolute atomic E-state index is 0.128. The summed E-state index contributed by atoms with van der Waals surface area (Å²) in [7, 11) is 0. The van der Waals surface area contributed by atoms with Gasteiger partial charge in [0.05, 0.1) is 19.8 Å². The number of aliphatic hydroxyl groups excluding tert-OH is 4. The lowest BCUT2D eigenvalue weighted by Crippen LogP contribution is -2.59. The number of esters is 1. The van der Waals surface area contributed by atoms with Crippen molar-refractivity contribution in [1.29, 1.82) is 0 Å². The Balaban J connectivity index is 2.20. The summed E-state index contributed by atoms with van der Waals surface area (Å²) in [5.41, 5.74) is 0. The van der Waals surface area contributed by atoms with E-state index in [1.807, 2.05) is 0 Å². The van der Waals surface area contributed by atoms with Gasteiger partial charge in [-0.25, -0.2) is 0 Å². The van der Waals surface area contributed by atoms with Crippen molar-refractivity contribution in [2.75, 3.05) is 26.4 Å². The molecule has 382 valence electrons. The third-order valence-electron chi connectivity index (χ3n) is 12.1. The highest BCUT2D eigenvalue weighted by molar-refractivity contribution is 5.69. The lowest BCUT2D eigenvalue weighted by molar-refractivity contribution is -0.305. The molecule has 1 rings (SSSR count). The Labute approximate surface area is 404 Å². The van der Waals surface area contributed by atoms with Crippen LogP contribution in [0.4, 0.5) is 0 Å². The van der Waals surface area contributed by atoms with Crippen molar-refractivity contribution in [2.45, 2.75) is 256 Å². The van der Waals surface area contributed by atoms with Crippen LogP contribution in [0.1, 0.15) is 219 Å². The van der Waals surface area contributed by atoms with Crippen LogP contribution in [0.15, 0.2) is 72.9 Å². The molecule has 0 aromatic rings. The highest BCUT2D eigenvalue weighted by atomic mass is 16.7. The molecule has 0 radical (unpaired) electrons. The number of allylic oxidation sites excluding steroid dienone is 12. The average Bonchev–Trinajstić information content (AvgIpc) is 3.32. The molecule has 9 heteroatoms. The second-order valence-electron chi connectivity index (χ2n) is 18.3. The zero-order chi connectivity index (χ0) is 47.8. The predicted molar refractivity (Wildman–Crippen MR) is 274 cm³/mol. The molecule has 6 unspecified atom stereocenters. The molecule has 0 bridgehead atoms. The Kier molecular flexibility index (Phi) is 44.5. The fraction of sp³-hybridized carbons (Fsp3) is 0.772. The molecule has 0 aromatic carbocycles. The fourth-order valence-electron chi connectivity index (χ4n) is 7.93. The molecule has 0 spiro atoms. The first-order chi connectivity index (χ1) is 32.4. The topological polar surface area (TPSA) is 135 Å². The molecule has 1 saturated heterocycles. The van der Waals surface area contributed by atoms with Gasteiger partial charge in [-0.15, -0.1) is 0 Å². The Morgan fingerprint density at radius 1 is 0.500 bits per heavy atom. The summed E-state index contributed by atoms with van der Waals surface area (Å²) in [5, 5.41) is 40.3. The van der Waals surface area contributed by atoms with Crippen LogP contribution in [0.5, 0.6) is 0 Å². The van der Waals surface area contributed by atoms with Gasteiger partial charge in [-0.1, -0.05) is 202 Å². The van der Waals surface area contributed by atoms with Crippen LogP contribution in [0.25, 0.3) is 0 Å². The SMILES string of the molecule is CC/C=C\C/C=C\C/C=C\C/C=C\C/C=C\CCCCCC(=O)OC(COCCCCCCCCCCCCCC/C=C\CCCCCCCCCC)COC1OC(CO)C(O)C(O)C1O. The van der Waals surface area contributed by atoms with Crippen molar-refractivity contribution in [3.8, 4) is 0 Å². The molecular weight excluding hydrogens is 829 g/mol. The van der Waals surface area contributed by atoms with Crippen molar-refractivity contribution >= 4 is 5.97 Å². The highest BCUT2D eigenvalue weighted by Crippen LogP contribution is 2.23. The van der Waals surface area contributed by atoms with Crippen LogP contribution in [0, 0.1) is 0 Å². The summed E-state index contributed by atoms with van der Waals surface area (Å²) in [4.78, 5) is 12.8. The number of carbonyl (C=O) groups is 1. The maximum atomic E-state index is 12.8. The van der Waals surface area contributed by atoms with Crippen molar-refractivity contribution in [1.82, 2.24) is 0 Å². The maximum Gasteiger partial charge on any atom is 0.306 e. The molecule has 1 fully saturated rings. The summed E-state index contributed by atoms with van der Waals surface area (Å²) in [6, 6.07) is 0. The standard InChI is InChI=1S/C57H100O9/c1-3-5-7-9-11-13-15-17-19-21-23-24-25-26-27-29-31-33-35-37-39-41-43-45-47-63-49-51(50-64-57-56(62)55(61)54(60)52(48-58)66-57)65-53(59)46-44-42-40-38-36-34-32-30-28-22-20-18-16-14-12-10-8-6-4-2/h6,8,12,14,18,20-21,23,28,30,34,36,51-52,54-58,60-62H,3-5,7,9-11,13,15-17,19,22,24-27,29,31-33,35,37-50H2,1-2H3/b8-6-,14-12-,20-18-,23-21-,30-28-,36-34-. The van der Waals surface area contributed by atoms with Crippen LogP contribution in [0.2, 0.25) is 0 Å². The third-order valence-corrected chi connectivity index (χ3v) is 12.1. The zero-order valence-corrected chi connectivity index (χ0v) is 42.2. The van der Waals surface area contributed by atoms with Crippen molar-refractivity contribution < 1.29 is 44.2 Å². The molecule has 0 amide bonds. The molecule has 0 aliphatic carbocycles. The summed E-state index contributed by atoms with van der Waals surface area (Å²) < 4.78 is 22.9. The zero-order valence-electron chi connectivity index (χ0n) is 42.2. The van der Waals surface area contributed by atoms with Crippen molar-refractivity contribution in [3.63, 3.8) is 0 Å². The van der Waals surface area contributed by atoms with E-state index in [9.17, 15) is 25.2 Å². The van der Waals surface area contributed by atoms with E-state index in [0.29, 0.717) is 13.0 Å². The van der Waals surface area contributed by atoms with Gasteiger partial charge < -0.3 is 39.4 Å². The van der Waals surface area contributed by atoms with E-state index >= 15 is 0 Å². The van der Waals surface area contributed by atoms with Crippen molar-refractivity contribution in [3.05, 3.63) is 72.9 Å². The van der Waals surface area contributed by atoms with Gasteiger partial charge in [0, 0.05) is 13.0 Å². The van der Waals surface area contributed by atoms with Crippen LogP contribution < -0.4 is 0 Å². The molecule has 0 aromatic heterocycles. The first-order valence-electron chi connectivity index (χ1n) is 27.0. The lowest BCUT2D eigenvalue weighted by Gasteiger charge is -2.39. The Morgan fingerprint density at radius 2 is 0.924 bits per heavy atom. The summed E-state index contributed by atoms with van der Waals surface area (Å²) in [6.07, 6.45) is 56.6. The number of hydrogen-bond acceptors (Lipinski definition) is 9. The number of ether oxygens (including phenoxy) is 4. The molecular formula is C57H100O9. The first-order valence-corrected chi connectivity index (χ1v) is 27.0. The van der Waals surface area contributed by atoms with Crippen LogP contribution in [0.3, 0.4) is 0 Å². The van der Waals surface area contributed by atoms with E-state index in [-0.39, 0.29) is 25.6 Å². The van der Waals surface area contributed by atoms with Gasteiger partial charge in [-0.3, -0.25) is 4.79 Å². The molecule has 0 saturated carbocycles. The van der Waals surface area contributed by atoms with Crippen LogP contribution >= 0.6 is 0 Å². The van der Waals surface area contributed by atoms with E-state index in [4.69, 9.17) is 18.9 Å². The first kappa shape index (κ1) is 61.6. The second kappa shape index (κ2) is 47.7. The van der Waals surface area contributed by atoms with Gasteiger partial charge in [0.15, 0.2) is 6.29 Å². The van der Waals surface area contributed by atoms with Gasteiger partial charge in [-0.2, -0.15) is 0 Å². The van der Waals surface area contributed by atoms with Gasteiger partial charge in [0.2, 0.25) is 0 Å². The number of hydrogen-bond donors (Lipinski definition) is 4. The number of unbranched alkanes of at least 4 members (excludes halogenated alkanes) is 23. The Hall–Kier alpha value is -2.37. The summed E-state index contributed by atoms with van der Waals surface area (Å²) >= 11 is 0. The molecule has 9 nitrogen and oxygen atoms in total. The van der Waals surface area contributed by atoms with Gasteiger partial charge in [-0.05, 0) is 83.5 Å². The largest absolute Gasteiger partial charge is 0.457 e. The van der Waals surface area contributed by atoms with Gasteiger partial charge >= 0.3 is 5.97 Å².